The van der Waals surface area contributed by atoms with Crippen molar-refractivity contribution < 1.29 is 9.53 Å². The molecule has 1 atom stereocenters. The molecule has 3 rings (SSSR count). The zero-order valence-electron chi connectivity index (χ0n) is 9.21. The van der Waals surface area contributed by atoms with E-state index in [1.54, 1.807) is 0 Å². The second-order valence-electron chi connectivity index (χ2n) is 5.29. The second-order valence-corrected chi connectivity index (χ2v) is 5.29. The van der Waals surface area contributed by atoms with Crippen molar-refractivity contribution in [1.82, 2.24) is 4.90 Å². The van der Waals surface area contributed by atoms with Crippen molar-refractivity contribution in [1.29, 1.82) is 0 Å². The summed E-state index contributed by atoms with van der Waals surface area (Å²) >= 11 is 0. The van der Waals surface area contributed by atoms with Gasteiger partial charge in [0, 0.05) is 25.6 Å². The Kier molecular flexibility index (Phi) is 2.33. The van der Waals surface area contributed by atoms with Crippen LogP contribution in [0.4, 0.5) is 0 Å². The van der Waals surface area contributed by atoms with Crippen LogP contribution in [0.15, 0.2) is 0 Å². The third-order valence-electron chi connectivity index (χ3n) is 4.31. The van der Waals surface area contributed by atoms with Gasteiger partial charge in [0.25, 0.3) is 0 Å². The van der Waals surface area contributed by atoms with E-state index in [0.29, 0.717) is 18.4 Å². The number of ketones is 1. The van der Waals surface area contributed by atoms with Crippen LogP contribution < -0.4 is 0 Å². The lowest BCUT2D eigenvalue weighted by Crippen LogP contribution is -2.51. The molecule has 0 amide bonds. The maximum absolute atomic E-state index is 11.3. The summed E-state index contributed by atoms with van der Waals surface area (Å²) in [5.74, 6) is 0.421. The summed E-state index contributed by atoms with van der Waals surface area (Å²) in [6, 6.07) is 0.616. The van der Waals surface area contributed by atoms with Crippen LogP contribution >= 0.6 is 0 Å². The lowest BCUT2D eigenvalue weighted by atomic mass is 9.73. The summed E-state index contributed by atoms with van der Waals surface area (Å²) in [5.41, 5.74) is 0.217. The highest BCUT2D eigenvalue weighted by atomic mass is 16.5. The molecule has 0 aromatic carbocycles. The second kappa shape index (κ2) is 3.56. The third-order valence-corrected chi connectivity index (χ3v) is 4.31. The molecule has 0 aromatic rings. The molecule has 1 saturated carbocycles. The molecule has 1 spiro atoms. The molecule has 1 unspecified atom stereocenters. The molecule has 3 nitrogen and oxygen atoms in total. The number of hydrogen-bond acceptors (Lipinski definition) is 3. The first-order chi connectivity index (χ1) is 7.27. The van der Waals surface area contributed by atoms with Crippen LogP contribution in [-0.2, 0) is 9.53 Å². The highest BCUT2D eigenvalue weighted by molar-refractivity contribution is 5.82. The molecule has 0 aromatic heterocycles. The predicted octanol–water partition coefficient (Wildman–Crippen LogP) is 1.36. The van der Waals surface area contributed by atoms with Crippen molar-refractivity contribution in [2.24, 2.45) is 0 Å². The minimum atomic E-state index is 0.217. The van der Waals surface area contributed by atoms with Gasteiger partial charge in [0.15, 0.2) is 0 Å². The quantitative estimate of drug-likeness (QED) is 0.653. The molecule has 0 radical (unpaired) electrons. The van der Waals surface area contributed by atoms with E-state index in [1.807, 2.05) is 0 Å². The average Bonchev–Trinajstić information content (AvgIpc) is 2.63. The molecule has 15 heavy (non-hydrogen) atoms. The van der Waals surface area contributed by atoms with Crippen LogP contribution in [0.2, 0.25) is 0 Å². The SMILES string of the molecule is O=C1CCN(C2CCOC3(CCC3)C2)C1. The fraction of sp³-hybridized carbons (Fsp3) is 0.917. The lowest BCUT2D eigenvalue weighted by Gasteiger charge is -2.49. The Bertz CT molecular complexity index is 273. The van der Waals surface area contributed by atoms with Crippen LogP contribution in [0.25, 0.3) is 0 Å². The number of nitrogens with zero attached hydrogens (tertiary/aromatic N) is 1. The zero-order chi connectivity index (χ0) is 10.3. The van der Waals surface area contributed by atoms with E-state index in [2.05, 4.69) is 4.90 Å². The normalized spacial score (nSPS) is 35.7. The number of likely N-dealkylation sites (tertiary alicyclic amines) is 1. The Labute approximate surface area is 90.8 Å². The molecule has 0 N–H and O–H groups in total. The summed E-state index contributed by atoms with van der Waals surface area (Å²) in [6.07, 6.45) is 6.86. The number of carbonyl (C=O) groups excluding carboxylic acids is 1. The topological polar surface area (TPSA) is 29.5 Å². The maximum atomic E-state index is 11.3. The van der Waals surface area contributed by atoms with Gasteiger partial charge in [-0.05, 0) is 32.1 Å². The summed E-state index contributed by atoms with van der Waals surface area (Å²) in [5, 5.41) is 0. The molecule has 84 valence electrons. The van der Waals surface area contributed by atoms with Crippen molar-refractivity contribution in [3.8, 4) is 0 Å². The Morgan fingerprint density at radius 1 is 1.40 bits per heavy atom. The molecular formula is C12H19NO2. The highest BCUT2D eigenvalue weighted by Crippen LogP contribution is 2.43. The largest absolute Gasteiger partial charge is 0.375 e. The van der Waals surface area contributed by atoms with Gasteiger partial charge in [-0.2, -0.15) is 0 Å². The first kappa shape index (κ1) is 9.79. The molecule has 3 heteroatoms. The Hall–Kier alpha value is -0.410. The van der Waals surface area contributed by atoms with E-state index in [9.17, 15) is 4.79 Å². The van der Waals surface area contributed by atoms with E-state index in [0.717, 1.165) is 26.0 Å². The van der Waals surface area contributed by atoms with Crippen molar-refractivity contribution in [3.05, 3.63) is 0 Å². The molecule has 2 heterocycles. The van der Waals surface area contributed by atoms with Crippen LogP contribution in [0.1, 0.15) is 38.5 Å². The third kappa shape index (κ3) is 1.72. The van der Waals surface area contributed by atoms with E-state index in [4.69, 9.17) is 4.74 Å². The average molecular weight is 209 g/mol. The summed E-state index contributed by atoms with van der Waals surface area (Å²) in [4.78, 5) is 13.6. The van der Waals surface area contributed by atoms with E-state index in [1.165, 1.54) is 25.7 Å². The van der Waals surface area contributed by atoms with Crippen LogP contribution in [0, 0.1) is 0 Å². The monoisotopic (exact) mass is 209 g/mol. The van der Waals surface area contributed by atoms with Gasteiger partial charge in [-0.3, -0.25) is 9.69 Å². The van der Waals surface area contributed by atoms with Crippen molar-refractivity contribution in [2.75, 3.05) is 19.7 Å². The van der Waals surface area contributed by atoms with E-state index >= 15 is 0 Å². The molecule has 2 saturated heterocycles. The minimum Gasteiger partial charge on any atom is -0.375 e. The molecule has 0 bridgehead atoms. The minimum absolute atomic E-state index is 0.217. The maximum Gasteiger partial charge on any atom is 0.148 e. The molecule has 2 aliphatic heterocycles. The Morgan fingerprint density at radius 2 is 2.27 bits per heavy atom. The molecular weight excluding hydrogens is 190 g/mol. The van der Waals surface area contributed by atoms with E-state index < -0.39 is 0 Å². The smallest absolute Gasteiger partial charge is 0.148 e. The van der Waals surface area contributed by atoms with Crippen molar-refractivity contribution >= 4 is 5.78 Å². The van der Waals surface area contributed by atoms with Gasteiger partial charge >= 0.3 is 0 Å². The first-order valence-electron chi connectivity index (χ1n) is 6.17. The standard InChI is InChI=1S/C12H19NO2/c14-11-2-6-13(9-11)10-3-7-15-12(8-10)4-1-5-12/h10H,1-9H2. The Morgan fingerprint density at radius 3 is 2.87 bits per heavy atom. The lowest BCUT2D eigenvalue weighted by molar-refractivity contribution is -0.147. The fourth-order valence-electron chi connectivity index (χ4n) is 3.20. The van der Waals surface area contributed by atoms with Gasteiger partial charge in [0.1, 0.15) is 5.78 Å². The van der Waals surface area contributed by atoms with Crippen molar-refractivity contribution in [3.63, 3.8) is 0 Å². The van der Waals surface area contributed by atoms with Gasteiger partial charge in [0.05, 0.1) is 12.1 Å². The number of rotatable bonds is 1. The van der Waals surface area contributed by atoms with Crippen molar-refractivity contribution in [2.45, 2.75) is 50.2 Å². The fourth-order valence-corrected chi connectivity index (χ4v) is 3.20. The van der Waals surface area contributed by atoms with Crippen LogP contribution in [0.3, 0.4) is 0 Å². The first-order valence-corrected chi connectivity index (χ1v) is 6.17. The number of carbonyl (C=O) groups is 1. The van der Waals surface area contributed by atoms with Crippen LogP contribution in [-0.4, -0.2) is 42.0 Å². The van der Waals surface area contributed by atoms with Crippen LogP contribution in [0.5, 0.6) is 0 Å². The summed E-state index contributed by atoms with van der Waals surface area (Å²) in [6.45, 7) is 2.58. The highest BCUT2D eigenvalue weighted by Gasteiger charge is 2.44. The summed E-state index contributed by atoms with van der Waals surface area (Å²) < 4.78 is 5.91. The summed E-state index contributed by atoms with van der Waals surface area (Å²) in [7, 11) is 0. The number of Topliss-reactive ketones (excluding diaryl/α,β-unsaturated/α-hetero) is 1. The molecule has 1 aliphatic carbocycles. The predicted molar refractivity (Wildman–Crippen MR) is 56.8 cm³/mol. The number of ether oxygens (including phenoxy) is 1. The molecule has 3 fully saturated rings. The zero-order valence-corrected chi connectivity index (χ0v) is 9.21. The van der Waals surface area contributed by atoms with Gasteiger partial charge < -0.3 is 4.74 Å². The Balaban J connectivity index is 1.64. The number of hydrogen-bond donors (Lipinski definition) is 0. The van der Waals surface area contributed by atoms with Gasteiger partial charge in [0.2, 0.25) is 0 Å². The van der Waals surface area contributed by atoms with Gasteiger partial charge in [-0.15, -0.1) is 0 Å². The van der Waals surface area contributed by atoms with Gasteiger partial charge in [-0.25, -0.2) is 0 Å². The molecule has 3 aliphatic rings. The van der Waals surface area contributed by atoms with Gasteiger partial charge in [-0.1, -0.05) is 0 Å². The van der Waals surface area contributed by atoms with E-state index in [-0.39, 0.29) is 5.60 Å².